The van der Waals surface area contributed by atoms with Crippen LogP contribution in [0.25, 0.3) is 11.6 Å². The maximum atomic E-state index is 12.2. The van der Waals surface area contributed by atoms with Crippen molar-refractivity contribution in [1.29, 1.82) is 0 Å². The SMILES string of the molecule is O=S(=O)(CCSc1nnc(-c2ccc[nH]2)o1)c1ccc(Cl)cc1. The van der Waals surface area contributed by atoms with Crippen LogP contribution >= 0.6 is 23.4 Å². The van der Waals surface area contributed by atoms with Crippen LogP contribution in [0.5, 0.6) is 0 Å². The van der Waals surface area contributed by atoms with Gasteiger partial charge in [0.1, 0.15) is 5.69 Å². The monoisotopic (exact) mass is 369 g/mol. The lowest BCUT2D eigenvalue weighted by Crippen LogP contribution is -2.08. The molecule has 0 amide bonds. The molecule has 2 heterocycles. The predicted molar refractivity (Wildman–Crippen MR) is 88.3 cm³/mol. The predicted octanol–water partition coefficient (Wildman–Crippen LogP) is 3.28. The fourth-order valence-electron chi connectivity index (χ4n) is 1.84. The average Bonchev–Trinajstić information content (AvgIpc) is 3.18. The molecule has 9 heteroatoms. The number of benzene rings is 1. The molecule has 0 atom stereocenters. The molecule has 0 aliphatic carbocycles. The van der Waals surface area contributed by atoms with Crippen LogP contribution in [-0.4, -0.2) is 35.1 Å². The van der Waals surface area contributed by atoms with E-state index in [1.807, 2.05) is 12.1 Å². The van der Waals surface area contributed by atoms with E-state index in [2.05, 4.69) is 15.2 Å². The molecule has 3 aromatic rings. The summed E-state index contributed by atoms with van der Waals surface area (Å²) in [5.41, 5.74) is 0.720. The third-order valence-corrected chi connectivity index (χ3v) is 6.05. The van der Waals surface area contributed by atoms with E-state index in [-0.39, 0.29) is 10.6 Å². The number of H-pyrrole nitrogens is 1. The molecule has 6 nitrogen and oxygen atoms in total. The second-order valence-corrected chi connectivity index (χ2v) is 8.17. The summed E-state index contributed by atoms with van der Waals surface area (Å²) < 4.78 is 29.9. The second kappa shape index (κ2) is 6.77. The van der Waals surface area contributed by atoms with Gasteiger partial charge in [0.2, 0.25) is 0 Å². The van der Waals surface area contributed by atoms with Crippen LogP contribution in [0.4, 0.5) is 0 Å². The molecule has 3 rings (SSSR count). The molecule has 2 aromatic heterocycles. The number of rotatable bonds is 6. The van der Waals surface area contributed by atoms with Crippen molar-refractivity contribution in [1.82, 2.24) is 15.2 Å². The molecule has 0 radical (unpaired) electrons. The van der Waals surface area contributed by atoms with E-state index in [1.54, 1.807) is 18.3 Å². The summed E-state index contributed by atoms with van der Waals surface area (Å²) in [6, 6.07) is 9.75. The van der Waals surface area contributed by atoms with Gasteiger partial charge in [0.25, 0.3) is 11.1 Å². The zero-order valence-corrected chi connectivity index (χ0v) is 14.2. The Morgan fingerprint density at radius 2 is 1.96 bits per heavy atom. The number of hydrogen-bond acceptors (Lipinski definition) is 6. The lowest BCUT2D eigenvalue weighted by molar-refractivity contribution is 0.465. The molecule has 23 heavy (non-hydrogen) atoms. The van der Waals surface area contributed by atoms with Crippen molar-refractivity contribution in [3.63, 3.8) is 0 Å². The van der Waals surface area contributed by atoms with Crippen molar-refractivity contribution in [2.75, 3.05) is 11.5 Å². The zero-order valence-electron chi connectivity index (χ0n) is 11.8. The third-order valence-electron chi connectivity index (χ3n) is 2.99. The number of aromatic nitrogens is 3. The minimum atomic E-state index is -3.36. The Balaban J connectivity index is 1.60. The van der Waals surface area contributed by atoms with Crippen LogP contribution in [0.15, 0.2) is 57.1 Å². The van der Waals surface area contributed by atoms with E-state index in [9.17, 15) is 8.42 Å². The molecule has 0 spiro atoms. The molecule has 0 saturated heterocycles. The van der Waals surface area contributed by atoms with E-state index in [0.717, 1.165) is 5.69 Å². The first-order valence-electron chi connectivity index (χ1n) is 6.63. The van der Waals surface area contributed by atoms with Gasteiger partial charge in [-0.3, -0.25) is 0 Å². The minimum Gasteiger partial charge on any atom is -0.410 e. The van der Waals surface area contributed by atoms with Gasteiger partial charge in [0.05, 0.1) is 10.6 Å². The van der Waals surface area contributed by atoms with E-state index >= 15 is 0 Å². The lowest BCUT2D eigenvalue weighted by Gasteiger charge is -2.03. The van der Waals surface area contributed by atoms with Crippen LogP contribution in [0, 0.1) is 0 Å². The Hall–Kier alpha value is -1.77. The zero-order chi connectivity index (χ0) is 16.3. The van der Waals surface area contributed by atoms with Crippen LogP contribution in [-0.2, 0) is 9.84 Å². The van der Waals surface area contributed by atoms with Gasteiger partial charge in [-0.05, 0) is 36.4 Å². The summed E-state index contributed by atoms with van der Waals surface area (Å²) in [4.78, 5) is 3.21. The summed E-state index contributed by atoms with van der Waals surface area (Å²) in [7, 11) is -3.36. The highest BCUT2D eigenvalue weighted by atomic mass is 35.5. The quantitative estimate of drug-likeness (QED) is 0.671. The van der Waals surface area contributed by atoms with E-state index in [1.165, 1.54) is 23.9 Å². The number of thioether (sulfide) groups is 1. The topological polar surface area (TPSA) is 88.9 Å². The van der Waals surface area contributed by atoms with Crippen LogP contribution in [0.2, 0.25) is 5.02 Å². The summed E-state index contributed by atoms with van der Waals surface area (Å²) in [6.07, 6.45) is 1.76. The Bertz CT molecular complexity index is 874. The number of hydrogen-bond donors (Lipinski definition) is 1. The van der Waals surface area contributed by atoms with Crippen molar-refractivity contribution in [2.45, 2.75) is 10.1 Å². The van der Waals surface area contributed by atoms with E-state index in [0.29, 0.717) is 21.9 Å². The van der Waals surface area contributed by atoms with E-state index < -0.39 is 9.84 Å². The summed E-state index contributed by atoms with van der Waals surface area (Å²) in [5.74, 6) is 0.662. The maximum absolute atomic E-state index is 12.2. The number of sulfone groups is 1. The fourth-order valence-corrected chi connectivity index (χ4v) is 4.37. The van der Waals surface area contributed by atoms with Gasteiger partial charge in [-0.15, -0.1) is 10.2 Å². The first-order valence-corrected chi connectivity index (χ1v) is 9.64. The van der Waals surface area contributed by atoms with Gasteiger partial charge in [0, 0.05) is 17.0 Å². The Labute approximate surface area is 142 Å². The summed E-state index contributed by atoms with van der Waals surface area (Å²) in [6.45, 7) is 0. The molecular weight excluding hydrogens is 358 g/mol. The first-order chi connectivity index (χ1) is 11.0. The number of aromatic amines is 1. The van der Waals surface area contributed by atoms with Crippen LogP contribution < -0.4 is 0 Å². The molecule has 0 aliphatic heterocycles. The van der Waals surface area contributed by atoms with Crippen LogP contribution in [0.1, 0.15) is 0 Å². The normalized spacial score (nSPS) is 11.7. The van der Waals surface area contributed by atoms with Crippen molar-refractivity contribution >= 4 is 33.2 Å². The van der Waals surface area contributed by atoms with Gasteiger partial charge in [-0.2, -0.15) is 0 Å². The highest BCUT2D eigenvalue weighted by Crippen LogP contribution is 2.23. The van der Waals surface area contributed by atoms with Crippen molar-refractivity contribution in [3.05, 3.63) is 47.6 Å². The van der Waals surface area contributed by atoms with Gasteiger partial charge < -0.3 is 9.40 Å². The van der Waals surface area contributed by atoms with E-state index in [4.69, 9.17) is 16.0 Å². The summed E-state index contributed by atoms with van der Waals surface area (Å²) in [5, 5.41) is 8.63. The van der Waals surface area contributed by atoms with Crippen LogP contribution in [0.3, 0.4) is 0 Å². The molecular formula is C14H12ClN3O3S2. The smallest absolute Gasteiger partial charge is 0.276 e. The second-order valence-electron chi connectivity index (χ2n) is 4.58. The molecule has 120 valence electrons. The molecule has 0 bridgehead atoms. The molecule has 1 N–H and O–H groups in total. The van der Waals surface area contributed by atoms with Crippen molar-refractivity contribution in [3.8, 4) is 11.6 Å². The van der Waals surface area contributed by atoms with Gasteiger partial charge in [0.15, 0.2) is 9.84 Å². The Morgan fingerprint density at radius 1 is 1.17 bits per heavy atom. The fraction of sp³-hybridized carbons (Fsp3) is 0.143. The molecule has 0 aliphatic rings. The largest absolute Gasteiger partial charge is 0.410 e. The van der Waals surface area contributed by atoms with Gasteiger partial charge >= 0.3 is 0 Å². The lowest BCUT2D eigenvalue weighted by atomic mass is 10.4. The minimum absolute atomic E-state index is 0.0283. The Morgan fingerprint density at radius 3 is 2.65 bits per heavy atom. The third kappa shape index (κ3) is 3.95. The number of nitrogens with one attached hydrogen (secondary N) is 1. The van der Waals surface area contributed by atoms with Crippen molar-refractivity contribution in [2.24, 2.45) is 0 Å². The highest BCUT2D eigenvalue weighted by molar-refractivity contribution is 8.00. The molecule has 1 aromatic carbocycles. The molecule has 0 saturated carbocycles. The highest BCUT2D eigenvalue weighted by Gasteiger charge is 2.16. The van der Waals surface area contributed by atoms with Gasteiger partial charge in [-0.1, -0.05) is 23.4 Å². The summed E-state index contributed by atoms with van der Waals surface area (Å²) >= 11 is 6.97. The average molecular weight is 370 g/mol. The van der Waals surface area contributed by atoms with Gasteiger partial charge in [-0.25, -0.2) is 8.42 Å². The first kappa shape index (κ1) is 16.1. The molecule has 0 unspecified atom stereocenters. The Kier molecular flexibility index (Phi) is 4.74. The van der Waals surface area contributed by atoms with Crippen molar-refractivity contribution < 1.29 is 12.8 Å². The standard InChI is InChI=1S/C14H12ClN3O3S2/c15-10-3-5-11(6-4-10)23(19,20)9-8-22-14-18-17-13(21-14)12-2-1-7-16-12/h1-7,16H,8-9H2. The number of halogens is 1. The molecule has 0 fully saturated rings. The maximum Gasteiger partial charge on any atom is 0.276 e. The number of nitrogens with zero attached hydrogens (tertiary/aromatic N) is 2.